The maximum atomic E-state index is 15.2. The van der Waals surface area contributed by atoms with E-state index in [1.54, 1.807) is 17.0 Å². The number of hydrogen-bond acceptors (Lipinski definition) is 7. The van der Waals surface area contributed by atoms with Crippen molar-refractivity contribution in [3.63, 3.8) is 0 Å². The van der Waals surface area contributed by atoms with Crippen LogP contribution in [0.25, 0.3) is 11.1 Å². The Morgan fingerprint density at radius 1 is 0.976 bits per heavy atom. The van der Waals surface area contributed by atoms with Crippen molar-refractivity contribution in [3.05, 3.63) is 83.9 Å². The lowest BCUT2D eigenvalue weighted by atomic mass is 10.0. The van der Waals surface area contributed by atoms with Gasteiger partial charge in [0.1, 0.15) is 24.3 Å². The van der Waals surface area contributed by atoms with Crippen LogP contribution in [0, 0.1) is 11.6 Å². The standard InChI is InChI=1S/C29H29F2N3O7S/c30-25-17-22(34-18-23(41-29(34)36)10-15-42(37,38)39)7-8-24(25)21-6-9-27(26(31)16-21)32-11-13-33(14-12-32)28(35)40-19-20-4-2-1-3-5-20/h1-9,16-17,23H,10-15,18-19H2,(H,37,38,39). The number of cyclic esters (lactones) is 1. The predicted octanol–water partition coefficient (Wildman–Crippen LogP) is 4.69. The summed E-state index contributed by atoms with van der Waals surface area (Å²) >= 11 is 0. The molecule has 1 N–H and O–H groups in total. The molecule has 2 aliphatic rings. The summed E-state index contributed by atoms with van der Waals surface area (Å²) in [6.07, 6.45) is -2.06. The zero-order valence-corrected chi connectivity index (χ0v) is 23.3. The zero-order valence-electron chi connectivity index (χ0n) is 22.5. The van der Waals surface area contributed by atoms with Gasteiger partial charge >= 0.3 is 12.2 Å². The lowest BCUT2D eigenvalue weighted by Crippen LogP contribution is -2.49. The average molecular weight is 602 g/mol. The van der Waals surface area contributed by atoms with Gasteiger partial charge in [0.05, 0.1) is 23.7 Å². The van der Waals surface area contributed by atoms with Crippen LogP contribution in [-0.2, 0) is 26.2 Å². The van der Waals surface area contributed by atoms with Crippen LogP contribution in [0.15, 0.2) is 66.7 Å². The fourth-order valence-electron chi connectivity index (χ4n) is 4.94. The first-order chi connectivity index (χ1) is 20.1. The van der Waals surface area contributed by atoms with Crippen molar-refractivity contribution in [2.75, 3.05) is 48.3 Å². The minimum Gasteiger partial charge on any atom is -0.445 e. The van der Waals surface area contributed by atoms with Gasteiger partial charge in [0.25, 0.3) is 10.1 Å². The van der Waals surface area contributed by atoms with Crippen molar-refractivity contribution in [2.24, 2.45) is 0 Å². The number of rotatable bonds is 8. The van der Waals surface area contributed by atoms with Crippen LogP contribution in [0.4, 0.5) is 29.7 Å². The van der Waals surface area contributed by atoms with E-state index in [2.05, 4.69) is 0 Å². The van der Waals surface area contributed by atoms with E-state index in [0.717, 1.165) is 11.6 Å². The van der Waals surface area contributed by atoms with E-state index in [1.807, 2.05) is 35.2 Å². The minimum atomic E-state index is -4.21. The molecule has 0 saturated carbocycles. The molecule has 1 atom stereocenters. The van der Waals surface area contributed by atoms with Gasteiger partial charge in [-0.05, 0) is 41.5 Å². The Kier molecular flexibility index (Phi) is 8.59. The molecule has 0 bridgehead atoms. The molecule has 0 radical (unpaired) electrons. The van der Waals surface area contributed by atoms with Crippen LogP contribution in [0.2, 0.25) is 0 Å². The molecule has 3 aromatic carbocycles. The molecule has 2 amide bonds. The third-order valence-electron chi connectivity index (χ3n) is 7.18. The number of amides is 2. The third-order valence-corrected chi connectivity index (χ3v) is 7.93. The number of anilines is 2. The number of benzene rings is 3. The zero-order chi connectivity index (χ0) is 29.9. The van der Waals surface area contributed by atoms with Crippen LogP contribution in [0.3, 0.4) is 0 Å². The van der Waals surface area contributed by atoms with E-state index < -0.39 is 45.8 Å². The maximum Gasteiger partial charge on any atom is 0.414 e. The van der Waals surface area contributed by atoms with Crippen molar-refractivity contribution in [3.8, 4) is 11.1 Å². The fourth-order valence-corrected chi connectivity index (χ4v) is 5.50. The number of piperazine rings is 1. The number of carbonyl (C=O) groups is 2. The Morgan fingerprint density at radius 3 is 2.38 bits per heavy atom. The highest BCUT2D eigenvalue weighted by atomic mass is 32.2. The summed E-state index contributed by atoms with van der Waals surface area (Å²) in [4.78, 5) is 29.2. The van der Waals surface area contributed by atoms with Gasteiger partial charge in [-0.15, -0.1) is 0 Å². The highest BCUT2D eigenvalue weighted by molar-refractivity contribution is 7.85. The summed E-state index contributed by atoms with van der Waals surface area (Å²) in [7, 11) is -4.21. The third kappa shape index (κ3) is 6.97. The molecule has 10 nitrogen and oxygen atoms in total. The molecule has 2 saturated heterocycles. The first kappa shape index (κ1) is 29.3. The summed E-state index contributed by atoms with van der Waals surface area (Å²) in [6.45, 7) is 1.69. The van der Waals surface area contributed by atoms with E-state index in [1.165, 1.54) is 23.1 Å². The van der Waals surface area contributed by atoms with Crippen LogP contribution < -0.4 is 9.80 Å². The van der Waals surface area contributed by atoms with E-state index in [-0.39, 0.29) is 30.8 Å². The summed E-state index contributed by atoms with van der Waals surface area (Å²) in [6, 6.07) is 17.8. The molecule has 3 aromatic rings. The van der Waals surface area contributed by atoms with Crippen molar-refractivity contribution in [1.29, 1.82) is 0 Å². The summed E-state index contributed by atoms with van der Waals surface area (Å²) in [5.41, 5.74) is 1.86. The summed E-state index contributed by atoms with van der Waals surface area (Å²) < 4.78 is 71.7. The Morgan fingerprint density at radius 2 is 1.71 bits per heavy atom. The summed E-state index contributed by atoms with van der Waals surface area (Å²) in [5, 5.41) is 0. The molecule has 2 heterocycles. The van der Waals surface area contributed by atoms with E-state index in [9.17, 15) is 18.0 Å². The molecule has 2 aliphatic heterocycles. The number of hydrogen-bond donors (Lipinski definition) is 1. The topological polar surface area (TPSA) is 117 Å². The normalized spacial score (nSPS) is 17.4. The van der Waals surface area contributed by atoms with Crippen LogP contribution in [0.1, 0.15) is 12.0 Å². The molecule has 0 aliphatic carbocycles. The lowest BCUT2D eigenvalue weighted by Gasteiger charge is -2.35. The molecule has 0 spiro atoms. The van der Waals surface area contributed by atoms with Crippen molar-refractivity contribution in [2.45, 2.75) is 19.1 Å². The molecule has 42 heavy (non-hydrogen) atoms. The second kappa shape index (κ2) is 12.3. The fraction of sp³-hybridized carbons (Fsp3) is 0.310. The monoisotopic (exact) mass is 601 g/mol. The van der Waals surface area contributed by atoms with Gasteiger partial charge in [-0.2, -0.15) is 8.42 Å². The Balaban J connectivity index is 1.19. The first-order valence-corrected chi connectivity index (χ1v) is 14.9. The molecule has 0 aromatic heterocycles. The largest absolute Gasteiger partial charge is 0.445 e. The van der Waals surface area contributed by atoms with Crippen LogP contribution in [-0.4, -0.2) is 74.6 Å². The molecular weight excluding hydrogens is 572 g/mol. The molecule has 2 fully saturated rings. The number of ether oxygens (including phenoxy) is 2. The second-order valence-electron chi connectivity index (χ2n) is 10.0. The second-order valence-corrected chi connectivity index (χ2v) is 11.6. The molecular formula is C29H29F2N3O7S. The quantitative estimate of drug-likeness (QED) is 0.370. The molecule has 13 heteroatoms. The van der Waals surface area contributed by atoms with Gasteiger partial charge in [-0.25, -0.2) is 18.4 Å². The van der Waals surface area contributed by atoms with Gasteiger partial charge < -0.3 is 19.3 Å². The first-order valence-electron chi connectivity index (χ1n) is 13.3. The van der Waals surface area contributed by atoms with Gasteiger partial charge in [-0.1, -0.05) is 36.4 Å². The lowest BCUT2D eigenvalue weighted by molar-refractivity contribution is 0.0941. The number of nitrogens with zero attached hydrogens (tertiary/aromatic N) is 3. The molecule has 1 unspecified atom stereocenters. The minimum absolute atomic E-state index is 0.00548. The van der Waals surface area contributed by atoms with E-state index in [0.29, 0.717) is 37.4 Å². The van der Waals surface area contributed by atoms with E-state index >= 15 is 8.78 Å². The van der Waals surface area contributed by atoms with E-state index in [4.69, 9.17) is 14.0 Å². The predicted molar refractivity (Wildman–Crippen MR) is 151 cm³/mol. The van der Waals surface area contributed by atoms with Crippen LogP contribution >= 0.6 is 0 Å². The maximum absolute atomic E-state index is 15.2. The highest BCUT2D eigenvalue weighted by Gasteiger charge is 2.33. The van der Waals surface area contributed by atoms with Gasteiger partial charge in [0.2, 0.25) is 0 Å². The average Bonchev–Trinajstić information content (AvgIpc) is 3.35. The Labute approximate surface area is 241 Å². The molecule has 222 valence electrons. The van der Waals surface area contributed by atoms with Gasteiger partial charge in [-0.3, -0.25) is 9.45 Å². The SMILES string of the molecule is O=C(OCc1ccccc1)N1CCN(c2ccc(-c3ccc(N4CC(CCS(=O)(=O)O)OC4=O)cc3F)cc2F)CC1. The highest BCUT2D eigenvalue weighted by Crippen LogP contribution is 2.32. The molecule has 5 rings (SSSR count). The van der Waals surface area contributed by atoms with Crippen molar-refractivity contribution >= 4 is 33.7 Å². The smallest absolute Gasteiger partial charge is 0.414 e. The number of carbonyl (C=O) groups excluding carboxylic acids is 2. The van der Waals surface area contributed by atoms with Gasteiger partial charge in [0, 0.05) is 38.2 Å². The summed E-state index contributed by atoms with van der Waals surface area (Å²) in [5.74, 6) is -1.79. The van der Waals surface area contributed by atoms with Crippen LogP contribution in [0.5, 0.6) is 0 Å². The Hall–Kier alpha value is -4.23. The van der Waals surface area contributed by atoms with Crippen molar-refractivity contribution in [1.82, 2.24) is 4.90 Å². The van der Waals surface area contributed by atoms with Crippen molar-refractivity contribution < 1.29 is 40.8 Å². The Bertz CT molecular complexity index is 1560. The number of halogens is 2. The van der Waals surface area contributed by atoms with Gasteiger partial charge in [0.15, 0.2) is 0 Å².